The molecule has 2 bridgehead atoms. The molecule has 0 spiro atoms. The molecule has 8 nitrogen and oxygen atoms in total. The van der Waals surface area contributed by atoms with Crippen molar-refractivity contribution >= 4 is 28.8 Å². The first-order valence-electron chi connectivity index (χ1n) is 12.9. The number of nitriles is 2. The van der Waals surface area contributed by atoms with Crippen LogP contribution in [0.25, 0.3) is 10.8 Å². The Kier molecular flexibility index (Phi) is 6.86. The predicted molar refractivity (Wildman–Crippen MR) is 144 cm³/mol. The maximum atomic E-state index is 14.3. The second-order valence-electron chi connectivity index (χ2n) is 10.4. The van der Waals surface area contributed by atoms with Gasteiger partial charge in [0.2, 0.25) is 12.3 Å². The highest BCUT2D eigenvalue weighted by atomic mass is 16.6. The van der Waals surface area contributed by atoms with E-state index in [2.05, 4.69) is 12.1 Å². The number of anilines is 1. The minimum absolute atomic E-state index is 0.216. The van der Waals surface area contributed by atoms with Crippen molar-refractivity contribution in [2.75, 3.05) is 18.6 Å². The number of hydrogen-bond donors (Lipinski definition) is 0. The summed E-state index contributed by atoms with van der Waals surface area (Å²) in [6, 6.07) is 21.6. The normalized spacial score (nSPS) is 27.1. The summed E-state index contributed by atoms with van der Waals surface area (Å²) >= 11 is 0. The average molecular weight is 524 g/mol. The van der Waals surface area contributed by atoms with Crippen LogP contribution in [-0.2, 0) is 19.1 Å². The number of carbonyl (C=O) groups is 2. The van der Waals surface area contributed by atoms with Gasteiger partial charge in [0.1, 0.15) is 5.75 Å². The van der Waals surface area contributed by atoms with Gasteiger partial charge in [-0.1, -0.05) is 31.2 Å². The van der Waals surface area contributed by atoms with Gasteiger partial charge >= 0.3 is 0 Å². The average Bonchev–Trinajstić information content (AvgIpc) is 3.38. The number of benzene rings is 3. The van der Waals surface area contributed by atoms with E-state index in [0.29, 0.717) is 52.6 Å². The minimum Gasteiger partial charge on any atom is -0.493 e. The Morgan fingerprint density at radius 3 is 2.46 bits per heavy atom. The molecule has 0 aliphatic carbocycles. The Hall–Kier alpha value is -4.24. The van der Waals surface area contributed by atoms with Gasteiger partial charge in [-0.15, -0.1) is 0 Å². The van der Waals surface area contributed by atoms with Crippen LogP contribution in [0.3, 0.4) is 0 Å². The Morgan fingerprint density at radius 2 is 1.82 bits per heavy atom. The minimum atomic E-state index is -0.901. The van der Waals surface area contributed by atoms with Crippen molar-refractivity contribution in [2.24, 2.45) is 11.8 Å². The molecule has 2 unspecified atom stereocenters. The first-order valence-corrected chi connectivity index (χ1v) is 12.9. The van der Waals surface area contributed by atoms with Gasteiger partial charge in [0.05, 0.1) is 58.8 Å². The van der Waals surface area contributed by atoms with Gasteiger partial charge in [-0.2, -0.15) is 10.5 Å². The zero-order valence-corrected chi connectivity index (χ0v) is 22.1. The third kappa shape index (κ3) is 4.23. The second kappa shape index (κ2) is 10.1. The van der Waals surface area contributed by atoms with E-state index in [9.17, 15) is 14.9 Å². The molecule has 0 aromatic heterocycles. The van der Waals surface area contributed by atoms with E-state index in [4.69, 9.17) is 19.5 Å². The highest BCUT2D eigenvalue weighted by molar-refractivity contribution is 6.14. The number of hydrogen-bond acceptors (Lipinski definition) is 7. The number of imide groups is 1. The van der Waals surface area contributed by atoms with Gasteiger partial charge in [-0.05, 0) is 43.3 Å². The molecule has 39 heavy (non-hydrogen) atoms. The van der Waals surface area contributed by atoms with E-state index in [1.165, 1.54) is 0 Å². The fourth-order valence-electron chi connectivity index (χ4n) is 6.43. The van der Waals surface area contributed by atoms with Crippen LogP contribution in [0.2, 0.25) is 0 Å². The number of carbonyl (C=O) groups excluding carboxylic acids is 2. The van der Waals surface area contributed by atoms with Crippen molar-refractivity contribution in [3.05, 3.63) is 71.8 Å². The lowest BCUT2D eigenvalue weighted by molar-refractivity contribution is -0.131. The van der Waals surface area contributed by atoms with Crippen molar-refractivity contribution in [1.29, 1.82) is 10.5 Å². The Bertz CT molecular complexity index is 1510. The lowest BCUT2D eigenvalue weighted by Crippen LogP contribution is -2.54. The third-order valence-electron chi connectivity index (χ3n) is 8.52. The van der Waals surface area contributed by atoms with Gasteiger partial charge < -0.3 is 14.2 Å². The highest BCUT2D eigenvalue weighted by Gasteiger charge is 2.70. The Morgan fingerprint density at radius 1 is 1.10 bits per heavy atom. The third-order valence-corrected chi connectivity index (χ3v) is 8.52. The fourth-order valence-corrected chi connectivity index (χ4v) is 6.43. The van der Waals surface area contributed by atoms with E-state index < -0.39 is 17.1 Å². The van der Waals surface area contributed by atoms with Gasteiger partial charge in [0, 0.05) is 36.6 Å². The molecule has 0 saturated carbocycles. The van der Waals surface area contributed by atoms with Crippen LogP contribution in [0.15, 0.2) is 60.7 Å². The number of fused-ring (bicyclic) bond motifs is 3. The van der Waals surface area contributed by atoms with Crippen LogP contribution in [-0.4, -0.2) is 43.3 Å². The van der Waals surface area contributed by atoms with E-state index in [1.807, 2.05) is 26.0 Å². The molecule has 0 radical (unpaired) electrons. The lowest BCUT2D eigenvalue weighted by Gasteiger charge is -2.40. The molecule has 8 heteroatoms. The maximum absolute atomic E-state index is 14.3. The van der Waals surface area contributed by atoms with Crippen LogP contribution >= 0.6 is 0 Å². The molecule has 2 aliphatic heterocycles. The standard InChI is InChI=1S/C31H29N3O5/c1-20-28(29(36)34(19-35)26-13-10-22(18-33)24-6-4-5-7-25(24)26)31(16-27(37-3)30(20,2)39-31)14-15-38-23-11-8-21(17-32)9-12-23/h4-13,19-20,27-28H,14-16H2,1-3H3/t20-,27+,28-,30?,31?/m0/s1. The molecule has 2 aliphatic rings. The smallest absolute Gasteiger partial charge is 0.239 e. The van der Waals surface area contributed by atoms with Crippen LogP contribution in [0.4, 0.5) is 5.69 Å². The molecule has 0 N–H and O–H groups in total. The monoisotopic (exact) mass is 523 g/mol. The number of amides is 2. The van der Waals surface area contributed by atoms with Gasteiger partial charge in [0.25, 0.3) is 0 Å². The van der Waals surface area contributed by atoms with E-state index in [-0.39, 0.29) is 24.5 Å². The maximum Gasteiger partial charge on any atom is 0.239 e. The van der Waals surface area contributed by atoms with Crippen molar-refractivity contribution in [2.45, 2.75) is 44.0 Å². The highest BCUT2D eigenvalue weighted by Crippen LogP contribution is 2.60. The van der Waals surface area contributed by atoms with E-state index >= 15 is 0 Å². The molecule has 3 aromatic rings. The zero-order valence-electron chi connectivity index (χ0n) is 22.1. The molecular formula is C31H29N3O5. The summed E-state index contributed by atoms with van der Waals surface area (Å²) in [4.78, 5) is 27.9. The first-order chi connectivity index (χ1) is 18.8. The molecule has 5 rings (SSSR count). The molecule has 2 amide bonds. The molecular weight excluding hydrogens is 494 g/mol. The Labute approximate surface area is 227 Å². The quantitative estimate of drug-likeness (QED) is 0.392. The number of methoxy groups -OCH3 is 1. The van der Waals surface area contributed by atoms with Crippen LogP contribution in [0.1, 0.15) is 37.8 Å². The van der Waals surface area contributed by atoms with E-state index in [1.54, 1.807) is 55.6 Å². The predicted octanol–water partition coefficient (Wildman–Crippen LogP) is 4.74. The summed E-state index contributed by atoms with van der Waals surface area (Å²) < 4.78 is 18.4. The summed E-state index contributed by atoms with van der Waals surface area (Å²) in [7, 11) is 1.64. The van der Waals surface area contributed by atoms with Crippen LogP contribution in [0.5, 0.6) is 5.75 Å². The fraction of sp³-hybridized carbons (Fsp3) is 0.355. The van der Waals surface area contributed by atoms with Crippen LogP contribution < -0.4 is 9.64 Å². The first kappa shape index (κ1) is 26.4. The summed E-state index contributed by atoms with van der Waals surface area (Å²) in [5.41, 5.74) is -0.182. The van der Waals surface area contributed by atoms with Gasteiger partial charge in [-0.3, -0.25) is 14.5 Å². The summed E-state index contributed by atoms with van der Waals surface area (Å²) in [5, 5.41) is 19.9. The molecule has 2 heterocycles. The van der Waals surface area contributed by atoms with Crippen molar-refractivity contribution in [3.63, 3.8) is 0 Å². The van der Waals surface area contributed by atoms with Crippen LogP contribution in [0, 0.1) is 34.5 Å². The number of rotatable bonds is 8. The lowest BCUT2D eigenvalue weighted by atomic mass is 9.65. The van der Waals surface area contributed by atoms with E-state index in [0.717, 1.165) is 4.90 Å². The van der Waals surface area contributed by atoms with Crippen molar-refractivity contribution in [3.8, 4) is 17.9 Å². The second-order valence-corrected chi connectivity index (χ2v) is 10.4. The Balaban J connectivity index is 1.47. The molecule has 2 saturated heterocycles. The van der Waals surface area contributed by atoms with Gasteiger partial charge in [-0.25, -0.2) is 0 Å². The number of nitrogens with zero attached hydrogens (tertiary/aromatic N) is 3. The SMILES string of the molecule is CO[C@@H]1CC2(CCOc3ccc(C#N)cc3)OC1(C)[C@@H](C)[C@H]2C(=O)N(C=O)c1ccc(C#N)c2ccccc12. The number of ether oxygens (including phenoxy) is 3. The summed E-state index contributed by atoms with van der Waals surface area (Å²) in [5.74, 6) is -0.616. The summed E-state index contributed by atoms with van der Waals surface area (Å²) in [6.07, 6.45) is 1.22. The molecule has 3 aromatic carbocycles. The molecule has 2 fully saturated rings. The topological polar surface area (TPSA) is 113 Å². The molecule has 198 valence electrons. The largest absolute Gasteiger partial charge is 0.493 e. The summed E-state index contributed by atoms with van der Waals surface area (Å²) in [6.45, 7) is 4.21. The molecule has 5 atom stereocenters. The zero-order chi connectivity index (χ0) is 27.8. The van der Waals surface area contributed by atoms with Crippen molar-refractivity contribution in [1.82, 2.24) is 0 Å². The van der Waals surface area contributed by atoms with Crippen molar-refractivity contribution < 1.29 is 23.8 Å². The van der Waals surface area contributed by atoms with Gasteiger partial charge in [0.15, 0.2) is 0 Å².